The van der Waals surface area contributed by atoms with Crippen LogP contribution in [0, 0.1) is 0 Å². The lowest BCUT2D eigenvalue weighted by Gasteiger charge is -2.37. The molecule has 2 rings (SSSR count). The van der Waals surface area contributed by atoms with Gasteiger partial charge < -0.3 is 10.2 Å². The van der Waals surface area contributed by atoms with Crippen molar-refractivity contribution >= 4 is 17.3 Å². The predicted octanol–water partition coefficient (Wildman–Crippen LogP) is 0.886. The van der Waals surface area contributed by atoms with Crippen molar-refractivity contribution in [1.29, 1.82) is 0 Å². The van der Waals surface area contributed by atoms with Gasteiger partial charge in [-0.2, -0.15) is 5.10 Å². The summed E-state index contributed by atoms with van der Waals surface area (Å²) in [5, 5.41) is 7.60. The normalized spacial score (nSPS) is 16.1. The zero-order chi connectivity index (χ0) is 12.6. The molecule has 0 radical (unpaired) electrons. The minimum atomic E-state index is -0.224. The van der Waals surface area contributed by atoms with E-state index in [1.807, 2.05) is 25.8 Å². The predicted molar refractivity (Wildman–Crippen MR) is 69.0 cm³/mol. The van der Waals surface area contributed by atoms with Crippen LogP contribution in [0.15, 0.2) is 11.0 Å². The highest BCUT2D eigenvalue weighted by molar-refractivity contribution is 6.33. The Kier molecular flexibility index (Phi) is 3.40. The van der Waals surface area contributed by atoms with E-state index < -0.39 is 0 Å². The van der Waals surface area contributed by atoms with Gasteiger partial charge >= 0.3 is 0 Å². The number of anilines is 1. The van der Waals surface area contributed by atoms with E-state index in [9.17, 15) is 4.79 Å². The molecule has 0 aromatic carbocycles. The van der Waals surface area contributed by atoms with E-state index in [-0.39, 0.29) is 16.6 Å². The maximum absolute atomic E-state index is 12.0. The third kappa shape index (κ3) is 2.17. The second-order valence-electron chi connectivity index (χ2n) is 4.61. The van der Waals surface area contributed by atoms with Crippen LogP contribution in [0.4, 0.5) is 5.69 Å². The molecule has 94 valence electrons. The third-order valence-electron chi connectivity index (χ3n) is 3.10. The smallest absolute Gasteiger partial charge is 0.287 e. The molecule has 1 aromatic heterocycles. The highest BCUT2D eigenvalue weighted by Gasteiger charge is 2.24. The molecule has 1 aliphatic heterocycles. The van der Waals surface area contributed by atoms with Gasteiger partial charge in [0.1, 0.15) is 5.02 Å². The molecule has 1 fully saturated rings. The fourth-order valence-electron chi connectivity index (χ4n) is 1.79. The van der Waals surface area contributed by atoms with Crippen molar-refractivity contribution in [1.82, 2.24) is 15.1 Å². The van der Waals surface area contributed by atoms with Crippen LogP contribution in [0.2, 0.25) is 5.02 Å². The van der Waals surface area contributed by atoms with Gasteiger partial charge in [0.25, 0.3) is 5.56 Å². The van der Waals surface area contributed by atoms with Gasteiger partial charge in [-0.3, -0.25) is 4.79 Å². The molecule has 0 unspecified atom stereocenters. The van der Waals surface area contributed by atoms with Crippen molar-refractivity contribution in [2.45, 2.75) is 25.9 Å². The van der Waals surface area contributed by atoms with Gasteiger partial charge in [-0.05, 0) is 13.8 Å². The summed E-state index contributed by atoms with van der Waals surface area (Å²) in [6.45, 7) is 5.65. The summed E-state index contributed by atoms with van der Waals surface area (Å²) in [6, 6.07) is 0.410. The van der Waals surface area contributed by atoms with Crippen LogP contribution in [0.25, 0.3) is 0 Å². The number of hydrogen-bond acceptors (Lipinski definition) is 4. The average molecular weight is 257 g/mol. The van der Waals surface area contributed by atoms with Crippen molar-refractivity contribution < 1.29 is 0 Å². The Morgan fingerprint density at radius 1 is 1.59 bits per heavy atom. The second kappa shape index (κ2) is 4.66. The highest BCUT2D eigenvalue weighted by Crippen LogP contribution is 2.23. The first-order valence-electron chi connectivity index (χ1n) is 5.73. The molecule has 0 spiro atoms. The van der Waals surface area contributed by atoms with Crippen molar-refractivity contribution in [2.24, 2.45) is 0 Å². The van der Waals surface area contributed by atoms with Crippen molar-refractivity contribution in [2.75, 3.05) is 25.0 Å². The van der Waals surface area contributed by atoms with Crippen molar-refractivity contribution in [3.8, 4) is 0 Å². The number of nitrogens with zero attached hydrogens (tertiary/aromatic N) is 3. The van der Waals surface area contributed by atoms with Crippen LogP contribution < -0.4 is 15.8 Å². The number of rotatable bonds is 3. The van der Waals surface area contributed by atoms with Crippen LogP contribution in [0.3, 0.4) is 0 Å². The summed E-state index contributed by atoms with van der Waals surface area (Å²) in [5.74, 6) is 0. The largest absolute Gasteiger partial charge is 0.366 e. The van der Waals surface area contributed by atoms with Gasteiger partial charge in [-0.25, -0.2) is 4.68 Å². The van der Waals surface area contributed by atoms with Crippen LogP contribution in [-0.2, 0) is 0 Å². The van der Waals surface area contributed by atoms with E-state index in [4.69, 9.17) is 11.6 Å². The van der Waals surface area contributed by atoms with Gasteiger partial charge in [0.15, 0.2) is 0 Å². The van der Waals surface area contributed by atoms with Crippen LogP contribution >= 0.6 is 11.6 Å². The van der Waals surface area contributed by atoms with E-state index in [0.717, 1.165) is 13.1 Å². The number of likely N-dealkylation sites (N-methyl/N-ethyl adjacent to an activating group) is 1. The average Bonchev–Trinajstić information content (AvgIpc) is 2.18. The zero-order valence-corrected chi connectivity index (χ0v) is 11.0. The first kappa shape index (κ1) is 12.4. The van der Waals surface area contributed by atoms with Crippen LogP contribution in [-0.4, -0.2) is 36.0 Å². The monoisotopic (exact) mass is 256 g/mol. The summed E-state index contributed by atoms with van der Waals surface area (Å²) in [7, 11) is 1.94. The Morgan fingerprint density at radius 2 is 2.24 bits per heavy atom. The lowest BCUT2D eigenvalue weighted by molar-refractivity contribution is 0.427. The van der Waals surface area contributed by atoms with E-state index in [0.29, 0.717) is 11.7 Å². The summed E-state index contributed by atoms with van der Waals surface area (Å²) < 4.78 is 1.40. The first-order chi connectivity index (χ1) is 8.02. The standard InChI is InChI=1S/C11H17ClN4O/c1-7(2)16-11(17)10(12)9(6-14-16)15(3)8-4-13-5-8/h6-8,13H,4-5H2,1-3H3. The molecular formula is C11H17ClN4O. The first-order valence-corrected chi connectivity index (χ1v) is 6.11. The lowest BCUT2D eigenvalue weighted by Crippen LogP contribution is -2.56. The van der Waals surface area contributed by atoms with Crippen molar-refractivity contribution in [3.05, 3.63) is 21.6 Å². The molecule has 0 aliphatic carbocycles. The Morgan fingerprint density at radius 3 is 2.71 bits per heavy atom. The lowest BCUT2D eigenvalue weighted by atomic mass is 10.1. The summed E-state index contributed by atoms with van der Waals surface area (Å²) in [5.41, 5.74) is 0.485. The Bertz CT molecular complexity index is 467. The van der Waals surface area contributed by atoms with Crippen LogP contribution in [0.1, 0.15) is 19.9 Å². The maximum atomic E-state index is 12.0. The molecule has 0 atom stereocenters. The molecule has 0 bridgehead atoms. The number of aromatic nitrogens is 2. The van der Waals surface area contributed by atoms with E-state index in [1.54, 1.807) is 6.20 Å². The summed E-state index contributed by atoms with van der Waals surface area (Å²) in [4.78, 5) is 14.0. The van der Waals surface area contributed by atoms with Crippen LogP contribution in [0.5, 0.6) is 0 Å². The molecule has 5 nitrogen and oxygen atoms in total. The number of nitrogens with one attached hydrogen (secondary N) is 1. The van der Waals surface area contributed by atoms with E-state index >= 15 is 0 Å². The molecule has 6 heteroatoms. The third-order valence-corrected chi connectivity index (χ3v) is 3.46. The molecule has 1 N–H and O–H groups in total. The number of hydrogen-bond donors (Lipinski definition) is 1. The fourth-order valence-corrected chi connectivity index (χ4v) is 2.06. The second-order valence-corrected chi connectivity index (χ2v) is 4.99. The molecular weight excluding hydrogens is 240 g/mol. The zero-order valence-electron chi connectivity index (χ0n) is 10.3. The van der Waals surface area contributed by atoms with E-state index in [2.05, 4.69) is 10.4 Å². The van der Waals surface area contributed by atoms with Gasteiger partial charge in [0, 0.05) is 20.1 Å². The SMILES string of the molecule is CC(C)n1ncc(N(C)C2CNC2)c(Cl)c1=O. The molecule has 2 heterocycles. The minimum Gasteiger partial charge on any atom is -0.366 e. The molecule has 1 saturated heterocycles. The van der Waals surface area contributed by atoms with E-state index in [1.165, 1.54) is 4.68 Å². The molecule has 1 aromatic rings. The topological polar surface area (TPSA) is 50.2 Å². The quantitative estimate of drug-likeness (QED) is 0.873. The van der Waals surface area contributed by atoms with Gasteiger partial charge in [-0.15, -0.1) is 0 Å². The maximum Gasteiger partial charge on any atom is 0.287 e. The summed E-state index contributed by atoms with van der Waals surface area (Å²) >= 11 is 6.13. The molecule has 0 amide bonds. The Balaban J connectivity index is 2.36. The highest BCUT2D eigenvalue weighted by atomic mass is 35.5. The fraction of sp³-hybridized carbons (Fsp3) is 0.636. The van der Waals surface area contributed by atoms with Gasteiger partial charge in [0.05, 0.1) is 24.0 Å². The number of halogens is 1. The Hall–Kier alpha value is -1.07. The molecule has 0 saturated carbocycles. The van der Waals surface area contributed by atoms with Crippen molar-refractivity contribution in [3.63, 3.8) is 0 Å². The van der Waals surface area contributed by atoms with Gasteiger partial charge in [0.2, 0.25) is 0 Å². The molecule has 1 aliphatic rings. The Labute approximate surface area is 105 Å². The van der Waals surface area contributed by atoms with Gasteiger partial charge in [-0.1, -0.05) is 11.6 Å². The molecule has 17 heavy (non-hydrogen) atoms. The minimum absolute atomic E-state index is 0.0183. The summed E-state index contributed by atoms with van der Waals surface area (Å²) in [6.07, 6.45) is 1.67.